The third-order valence-corrected chi connectivity index (χ3v) is 4.76. The standard InChI is InChI=1S/C14H17F3N6OS/c1-24-7-12-21-22-13(25-12)23-4-2-9(3-5-23)20-11-6-10(14(15,16)17)18-8-19-11/h6,8-9H,2-5,7H2,1H3,(H,18,19,20). The van der Waals surface area contributed by atoms with Crippen LogP contribution in [0.15, 0.2) is 12.4 Å². The van der Waals surface area contributed by atoms with Crippen molar-refractivity contribution >= 4 is 22.3 Å². The third kappa shape index (κ3) is 4.54. The van der Waals surface area contributed by atoms with Gasteiger partial charge in [-0.2, -0.15) is 13.2 Å². The molecule has 0 amide bonds. The first-order valence-corrected chi connectivity index (χ1v) is 8.49. The lowest BCUT2D eigenvalue weighted by molar-refractivity contribution is -0.141. The van der Waals surface area contributed by atoms with Gasteiger partial charge in [0.1, 0.15) is 29.5 Å². The highest BCUT2D eigenvalue weighted by Crippen LogP contribution is 2.29. The van der Waals surface area contributed by atoms with E-state index in [1.165, 1.54) is 11.3 Å². The Morgan fingerprint density at radius 1 is 1.28 bits per heavy atom. The summed E-state index contributed by atoms with van der Waals surface area (Å²) in [5.74, 6) is 0.194. The van der Waals surface area contributed by atoms with E-state index in [0.29, 0.717) is 6.61 Å². The third-order valence-electron chi connectivity index (χ3n) is 3.80. The maximum absolute atomic E-state index is 12.7. The zero-order chi connectivity index (χ0) is 17.9. The highest BCUT2D eigenvalue weighted by atomic mass is 32.1. The summed E-state index contributed by atoms with van der Waals surface area (Å²) in [6, 6.07) is 0.993. The molecule has 0 radical (unpaired) electrons. The topological polar surface area (TPSA) is 76.1 Å². The van der Waals surface area contributed by atoms with Gasteiger partial charge < -0.3 is 15.0 Å². The predicted molar refractivity (Wildman–Crippen MR) is 86.5 cm³/mol. The van der Waals surface area contributed by atoms with Crippen LogP contribution in [0.4, 0.5) is 24.1 Å². The van der Waals surface area contributed by atoms with E-state index in [1.807, 2.05) is 0 Å². The molecular formula is C14H17F3N6OS. The molecule has 0 aliphatic carbocycles. The summed E-state index contributed by atoms with van der Waals surface area (Å²) < 4.78 is 43.1. The second-order valence-electron chi connectivity index (χ2n) is 5.60. The van der Waals surface area contributed by atoms with Gasteiger partial charge in [0.05, 0.1) is 0 Å². The minimum atomic E-state index is -4.47. The van der Waals surface area contributed by atoms with Gasteiger partial charge in [-0.3, -0.25) is 0 Å². The normalized spacial score (nSPS) is 16.2. The predicted octanol–water partition coefficient (Wildman–Crippen LogP) is 2.57. The van der Waals surface area contributed by atoms with Crippen LogP contribution < -0.4 is 10.2 Å². The quantitative estimate of drug-likeness (QED) is 0.862. The molecule has 25 heavy (non-hydrogen) atoms. The fraction of sp³-hybridized carbons (Fsp3) is 0.571. The van der Waals surface area contributed by atoms with E-state index in [1.54, 1.807) is 7.11 Å². The molecule has 11 heteroatoms. The Hall–Kier alpha value is -2.01. The monoisotopic (exact) mass is 374 g/mol. The Labute approximate surface area is 146 Å². The molecule has 1 fully saturated rings. The number of methoxy groups -OCH3 is 1. The number of alkyl halides is 3. The molecule has 0 aromatic carbocycles. The maximum Gasteiger partial charge on any atom is 0.433 e. The number of aromatic nitrogens is 4. The van der Waals surface area contributed by atoms with Crippen LogP contribution >= 0.6 is 11.3 Å². The first kappa shape index (κ1) is 17.8. The molecule has 1 aliphatic rings. The molecule has 3 rings (SSSR count). The Balaban J connectivity index is 1.55. The molecular weight excluding hydrogens is 357 g/mol. The van der Waals surface area contributed by atoms with Crippen molar-refractivity contribution in [2.45, 2.75) is 31.7 Å². The van der Waals surface area contributed by atoms with Gasteiger partial charge in [-0.25, -0.2) is 9.97 Å². The van der Waals surface area contributed by atoms with Crippen molar-refractivity contribution in [1.82, 2.24) is 20.2 Å². The van der Waals surface area contributed by atoms with Crippen LogP contribution in [0.1, 0.15) is 23.5 Å². The van der Waals surface area contributed by atoms with Crippen LogP contribution in [0.3, 0.4) is 0 Å². The van der Waals surface area contributed by atoms with Crippen molar-refractivity contribution in [2.24, 2.45) is 0 Å². The molecule has 2 aromatic rings. The van der Waals surface area contributed by atoms with Crippen LogP contribution in [0.5, 0.6) is 0 Å². The molecule has 0 unspecified atom stereocenters. The Kier molecular flexibility index (Phi) is 5.33. The smallest absolute Gasteiger partial charge is 0.377 e. The Bertz CT molecular complexity index is 702. The van der Waals surface area contributed by atoms with Crippen molar-refractivity contribution in [3.05, 3.63) is 23.1 Å². The average molecular weight is 374 g/mol. The van der Waals surface area contributed by atoms with Gasteiger partial charge >= 0.3 is 6.18 Å². The van der Waals surface area contributed by atoms with Crippen molar-refractivity contribution < 1.29 is 17.9 Å². The number of halogens is 3. The minimum Gasteiger partial charge on any atom is -0.377 e. The van der Waals surface area contributed by atoms with Gasteiger partial charge in [0.25, 0.3) is 0 Å². The maximum atomic E-state index is 12.7. The van der Waals surface area contributed by atoms with Gasteiger partial charge in [0.15, 0.2) is 0 Å². The molecule has 136 valence electrons. The molecule has 0 atom stereocenters. The number of rotatable bonds is 5. The highest BCUT2D eigenvalue weighted by molar-refractivity contribution is 7.15. The lowest BCUT2D eigenvalue weighted by Crippen LogP contribution is -2.39. The highest BCUT2D eigenvalue weighted by Gasteiger charge is 2.33. The van der Waals surface area contributed by atoms with Crippen LogP contribution in [-0.2, 0) is 17.5 Å². The van der Waals surface area contributed by atoms with E-state index in [0.717, 1.165) is 48.5 Å². The largest absolute Gasteiger partial charge is 0.433 e. The summed E-state index contributed by atoms with van der Waals surface area (Å²) in [4.78, 5) is 9.26. The number of ether oxygens (including phenoxy) is 1. The molecule has 2 aromatic heterocycles. The van der Waals surface area contributed by atoms with Gasteiger partial charge in [-0.15, -0.1) is 10.2 Å². The summed E-state index contributed by atoms with van der Waals surface area (Å²) in [6.07, 6.45) is -2.01. The summed E-state index contributed by atoms with van der Waals surface area (Å²) in [6.45, 7) is 1.93. The number of nitrogens with one attached hydrogen (secondary N) is 1. The van der Waals surface area contributed by atoms with E-state index >= 15 is 0 Å². The van der Waals surface area contributed by atoms with Gasteiger partial charge in [-0.05, 0) is 12.8 Å². The van der Waals surface area contributed by atoms with Crippen LogP contribution in [0.25, 0.3) is 0 Å². The van der Waals surface area contributed by atoms with Gasteiger partial charge in [0.2, 0.25) is 5.13 Å². The first-order valence-electron chi connectivity index (χ1n) is 7.68. The number of nitrogens with zero attached hydrogens (tertiary/aromatic N) is 5. The molecule has 1 saturated heterocycles. The molecule has 0 spiro atoms. The average Bonchev–Trinajstić information content (AvgIpc) is 3.04. The minimum absolute atomic E-state index is 0.0543. The molecule has 0 saturated carbocycles. The number of hydrogen-bond donors (Lipinski definition) is 1. The Morgan fingerprint density at radius 2 is 2.04 bits per heavy atom. The van der Waals surface area contributed by atoms with E-state index < -0.39 is 11.9 Å². The number of hydrogen-bond acceptors (Lipinski definition) is 8. The summed E-state index contributed by atoms with van der Waals surface area (Å²) in [5, 5.41) is 12.9. The zero-order valence-electron chi connectivity index (χ0n) is 13.5. The van der Waals surface area contributed by atoms with E-state index in [4.69, 9.17) is 4.74 Å². The second kappa shape index (κ2) is 7.48. The van der Waals surface area contributed by atoms with Crippen molar-refractivity contribution in [3.8, 4) is 0 Å². The fourth-order valence-corrected chi connectivity index (χ4v) is 3.43. The SMILES string of the molecule is COCc1nnc(N2CCC(Nc3cc(C(F)(F)F)ncn3)CC2)s1. The molecule has 0 bridgehead atoms. The van der Waals surface area contributed by atoms with E-state index in [2.05, 4.69) is 30.4 Å². The van der Waals surface area contributed by atoms with Gasteiger partial charge in [0, 0.05) is 32.3 Å². The molecule has 3 heterocycles. The first-order chi connectivity index (χ1) is 12.0. The van der Waals surface area contributed by atoms with E-state index in [-0.39, 0.29) is 11.9 Å². The molecule has 7 nitrogen and oxygen atoms in total. The van der Waals surface area contributed by atoms with Crippen molar-refractivity contribution in [1.29, 1.82) is 0 Å². The summed E-state index contributed by atoms with van der Waals surface area (Å²) in [5.41, 5.74) is -0.943. The van der Waals surface area contributed by atoms with Crippen LogP contribution in [0, 0.1) is 0 Å². The second-order valence-corrected chi connectivity index (χ2v) is 6.64. The van der Waals surface area contributed by atoms with Crippen LogP contribution in [0.2, 0.25) is 0 Å². The summed E-state index contributed by atoms with van der Waals surface area (Å²) >= 11 is 1.49. The van der Waals surface area contributed by atoms with Gasteiger partial charge in [-0.1, -0.05) is 11.3 Å². The fourth-order valence-electron chi connectivity index (χ4n) is 2.57. The van der Waals surface area contributed by atoms with Crippen LogP contribution in [-0.4, -0.2) is 46.4 Å². The molecule has 1 N–H and O–H groups in total. The lowest BCUT2D eigenvalue weighted by atomic mass is 10.1. The number of piperidine rings is 1. The van der Waals surface area contributed by atoms with Crippen molar-refractivity contribution in [3.63, 3.8) is 0 Å². The Morgan fingerprint density at radius 3 is 2.72 bits per heavy atom. The lowest BCUT2D eigenvalue weighted by Gasteiger charge is -2.32. The van der Waals surface area contributed by atoms with E-state index in [9.17, 15) is 13.2 Å². The molecule has 1 aliphatic heterocycles. The zero-order valence-corrected chi connectivity index (χ0v) is 14.3. The number of anilines is 2. The summed E-state index contributed by atoms with van der Waals surface area (Å²) in [7, 11) is 1.61. The van der Waals surface area contributed by atoms with Crippen molar-refractivity contribution in [2.75, 3.05) is 30.4 Å².